The van der Waals surface area contributed by atoms with Crippen LogP contribution in [0.15, 0.2) is 146 Å². The molecular formula is C30H25O2P. The van der Waals surface area contributed by atoms with Gasteiger partial charge in [-0.3, -0.25) is 0 Å². The third-order valence-electron chi connectivity index (χ3n) is 5.57. The van der Waals surface area contributed by atoms with Crippen LogP contribution >= 0.6 is 7.49 Å². The van der Waals surface area contributed by atoms with Crippen LogP contribution in [-0.2, 0) is 0 Å². The molecule has 0 spiro atoms. The predicted molar refractivity (Wildman–Crippen MR) is 140 cm³/mol. The Morgan fingerprint density at radius 2 is 0.758 bits per heavy atom. The Hall–Kier alpha value is -3.71. The van der Waals surface area contributed by atoms with E-state index >= 15 is 0 Å². The molecule has 0 bridgehead atoms. The van der Waals surface area contributed by atoms with Crippen LogP contribution in [0.5, 0.6) is 5.75 Å². The van der Waals surface area contributed by atoms with E-state index in [2.05, 4.69) is 140 Å². The highest BCUT2D eigenvalue weighted by atomic mass is 31.2. The quantitative estimate of drug-likeness (QED) is 0.280. The Bertz CT molecular complexity index is 1180. The minimum Gasteiger partial charge on any atom is -0.870 e. The van der Waals surface area contributed by atoms with Gasteiger partial charge in [0.15, 0.2) is 5.75 Å². The van der Waals surface area contributed by atoms with Crippen molar-refractivity contribution in [2.45, 2.75) is 0 Å². The van der Waals surface area contributed by atoms with Gasteiger partial charge in [-0.2, -0.15) is 0 Å². The highest BCUT2D eigenvalue weighted by Crippen LogP contribution is 2.57. The highest BCUT2D eigenvalue weighted by molar-refractivity contribution is 7.92. The van der Waals surface area contributed by atoms with E-state index in [1.165, 1.54) is 15.9 Å². The summed E-state index contributed by atoms with van der Waals surface area (Å²) in [7, 11) is -2.42. The molecule has 1 N–H and O–H groups in total. The van der Waals surface area contributed by atoms with Crippen LogP contribution in [0.3, 0.4) is 0 Å². The van der Waals surface area contributed by atoms with E-state index in [9.17, 15) is 0 Å². The maximum atomic E-state index is 7.26. The molecule has 0 atom stereocenters. The normalized spacial score (nSPS) is 10.8. The van der Waals surface area contributed by atoms with Crippen LogP contribution < -0.4 is 20.4 Å². The van der Waals surface area contributed by atoms with Gasteiger partial charge >= 0.3 is 0 Å². The van der Waals surface area contributed by atoms with Crippen molar-refractivity contribution in [2.24, 2.45) is 0 Å². The van der Waals surface area contributed by atoms with Gasteiger partial charge in [0, 0.05) is 5.56 Å². The van der Waals surface area contributed by atoms with E-state index in [4.69, 9.17) is 4.52 Å². The average molecular weight is 449 g/mol. The highest BCUT2D eigenvalue weighted by Gasteiger charge is 2.49. The fraction of sp³-hybridized carbons (Fsp3) is 0. The summed E-state index contributed by atoms with van der Waals surface area (Å²) in [4.78, 5) is 0. The second kappa shape index (κ2) is 10.3. The molecule has 0 heterocycles. The molecule has 0 amide bonds. The number of para-hydroxylation sites is 1. The third-order valence-corrected chi connectivity index (χ3v) is 9.11. The first-order chi connectivity index (χ1) is 15.9. The van der Waals surface area contributed by atoms with Crippen molar-refractivity contribution >= 4 is 23.4 Å². The monoisotopic (exact) mass is 448 g/mol. The zero-order chi connectivity index (χ0) is 21.6. The summed E-state index contributed by atoms with van der Waals surface area (Å²) in [5.41, 5.74) is 2.25. The predicted octanol–water partition coefficient (Wildman–Crippen LogP) is 6.46. The Morgan fingerprint density at radius 1 is 0.394 bits per heavy atom. The topological polar surface area (TPSA) is 39.2 Å². The van der Waals surface area contributed by atoms with Gasteiger partial charge in [-0.1, -0.05) is 103 Å². The number of hydrogen-bond acceptors (Lipinski definition) is 2. The van der Waals surface area contributed by atoms with Gasteiger partial charge in [0.25, 0.3) is 7.49 Å². The molecule has 0 unspecified atom stereocenters. The third kappa shape index (κ3) is 4.45. The standard InChI is InChI=1S/C30H24OP.H2O/c1-5-15-25(16-6-1)29-23-13-14-24-30(29)31-32(26-17-7-2-8-18-26,27-19-9-3-10-20-27)28-21-11-4-12-22-28;/h1-24H;1H2/q+1;/p-1. The first kappa shape index (κ1) is 22.5. The molecule has 0 saturated heterocycles. The van der Waals surface area contributed by atoms with Crippen LogP contribution in [0.1, 0.15) is 0 Å². The van der Waals surface area contributed by atoms with Gasteiger partial charge < -0.3 is 10.00 Å². The molecule has 5 aromatic carbocycles. The van der Waals surface area contributed by atoms with E-state index in [-0.39, 0.29) is 5.48 Å². The van der Waals surface area contributed by atoms with Crippen molar-refractivity contribution in [1.82, 2.24) is 0 Å². The number of benzene rings is 5. The van der Waals surface area contributed by atoms with E-state index < -0.39 is 7.49 Å². The minimum absolute atomic E-state index is 0. The Labute approximate surface area is 195 Å². The summed E-state index contributed by atoms with van der Waals surface area (Å²) >= 11 is 0. The minimum atomic E-state index is -2.42. The van der Waals surface area contributed by atoms with Crippen LogP contribution in [0.25, 0.3) is 11.1 Å². The Morgan fingerprint density at radius 3 is 1.21 bits per heavy atom. The van der Waals surface area contributed by atoms with Crippen molar-refractivity contribution in [2.75, 3.05) is 0 Å². The molecule has 5 rings (SSSR count). The lowest BCUT2D eigenvalue weighted by molar-refractivity contribution is 0.622. The molecule has 162 valence electrons. The maximum absolute atomic E-state index is 7.26. The van der Waals surface area contributed by atoms with Gasteiger partial charge in [0.1, 0.15) is 15.9 Å². The van der Waals surface area contributed by atoms with Gasteiger partial charge in [-0.05, 0) is 48.0 Å². The maximum Gasteiger partial charge on any atom is 0.287 e. The van der Waals surface area contributed by atoms with Crippen molar-refractivity contribution < 1.29 is 10.00 Å². The van der Waals surface area contributed by atoms with Crippen LogP contribution in [0.2, 0.25) is 0 Å². The smallest absolute Gasteiger partial charge is 0.287 e. The molecule has 33 heavy (non-hydrogen) atoms. The average Bonchev–Trinajstić information content (AvgIpc) is 2.89. The molecule has 0 aliphatic rings. The van der Waals surface area contributed by atoms with Crippen LogP contribution in [0.4, 0.5) is 0 Å². The fourth-order valence-electron chi connectivity index (χ4n) is 4.07. The Balaban J connectivity index is 0.00000259. The van der Waals surface area contributed by atoms with Gasteiger partial charge in [0.2, 0.25) is 0 Å². The lowest BCUT2D eigenvalue weighted by atomic mass is 10.1. The van der Waals surface area contributed by atoms with Crippen molar-refractivity contribution in [3.8, 4) is 16.9 Å². The summed E-state index contributed by atoms with van der Waals surface area (Å²) in [6.07, 6.45) is 0. The SMILES string of the molecule is [OH-].c1ccc(-c2ccccc2O[P+](c2ccccc2)(c2ccccc2)c2ccccc2)cc1. The lowest BCUT2D eigenvalue weighted by Crippen LogP contribution is -2.34. The molecule has 0 fully saturated rings. The van der Waals surface area contributed by atoms with Gasteiger partial charge in [-0.25, -0.2) is 0 Å². The fourth-order valence-corrected chi connectivity index (χ4v) is 7.51. The van der Waals surface area contributed by atoms with E-state index in [0.717, 1.165) is 16.9 Å². The largest absolute Gasteiger partial charge is 0.870 e. The zero-order valence-electron chi connectivity index (χ0n) is 18.2. The molecular weight excluding hydrogens is 423 g/mol. The first-order valence-corrected chi connectivity index (χ1v) is 12.5. The molecule has 0 aliphatic carbocycles. The summed E-state index contributed by atoms with van der Waals surface area (Å²) < 4.78 is 7.26. The van der Waals surface area contributed by atoms with Gasteiger partial charge in [0.05, 0.1) is 0 Å². The van der Waals surface area contributed by atoms with Crippen molar-refractivity contribution in [1.29, 1.82) is 0 Å². The molecule has 5 aromatic rings. The second-order valence-electron chi connectivity index (χ2n) is 7.57. The van der Waals surface area contributed by atoms with Crippen molar-refractivity contribution in [3.63, 3.8) is 0 Å². The zero-order valence-corrected chi connectivity index (χ0v) is 19.1. The number of hydrogen-bond donors (Lipinski definition) is 0. The molecule has 0 radical (unpaired) electrons. The summed E-state index contributed by atoms with van der Waals surface area (Å²) in [5, 5.41) is 3.58. The summed E-state index contributed by atoms with van der Waals surface area (Å²) in [5.74, 6) is 0.892. The Kier molecular flexibility index (Phi) is 7.00. The lowest BCUT2D eigenvalue weighted by Gasteiger charge is -2.27. The van der Waals surface area contributed by atoms with E-state index in [1.54, 1.807) is 0 Å². The van der Waals surface area contributed by atoms with Crippen molar-refractivity contribution in [3.05, 3.63) is 146 Å². The molecule has 0 saturated carbocycles. The van der Waals surface area contributed by atoms with Crippen LogP contribution in [-0.4, -0.2) is 5.48 Å². The molecule has 3 heteroatoms. The van der Waals surface area contributed by atoms with E-state index in [0.29, 0.717) is 0 Å². The number of rotatable bonds is 6. The molecule has 2 nitrogen and oxygen atoms in total. The molecule has 0 aliphatic heterocycles. The van der Waals surface area contributed by atoms with E-state index in [1.807, 2.05) is 6.07 Å². The van der Waals surface area contributed by atoms with Gasteiger partial charge in [-0.15, -0.1) is 0 Å². The molecule has 0 aromatic heterocycles. The van der Waals surface area contributed by atoms with Crippen LogP contribution in [0, 0.1) is 0 Å². The first-order valence-electron chi connectivity index (χ1n) is 10.8. The summed E-state index contributed by atoms with van der Waals surface area (Å²) in [6.45, 7) is 0. The second-order valence-corrected chi connectivity index (χ2v) is 10.5. The summed E-state index contributed by atoms with van der Waals surface area (Å²) in [6, 6.07) is 50.7.